The molecule has 62 valence electrons. The molecule has 0 spiro atoms. The van der Waals surface area contributed by atoms with Crippen molar-refractivity contribution in [1.82, 2.24) is 5.48 Å². The molecule has 0 saturated carbocycles. The van der Waals surface area contributed by atoms with Crippen LogP contribution in [0.3, 0.4) is 0 Å². The molecule has 0 unspecified atom stereocenters. The first-order valence-corrected chi connectivity index (χ1v) is 3.20. The van der Waals surface area contributed by atoms with Gasteiger partial charge in [0.25, 0.3) is 0 Å². The lowest BCUT2D eigenvalue weighted by Gasteiger charge is -2.01. The van der Waals surface area contributed by atoms with Gasteiger partial charge in [0, 0.05) is 0 Å². The minimum absolute atomic E-state index is 0.0272. The maximum Gasteiger partial charge on any atom is 0.220 e. The predicted octanol–water partition coefficient (Wildman–Crippen LogP) is -0.748. The summed E-state index contributed by atoms with van der Waals surface area (Å²) in [5, 5.41) is -0.0443. The van der Waals surface area contributed by atoms with Crippen molar-refractivity contribution in [1.29, 1.82) is 0 Å². The van der Waals surface area contributed by atoms with Crippen LogP contribution in [-0.2, 0) is 4.84 Å². The van der Waals surface area contributed by atoms with E-state index in [4.69, 9.17) is 16.3 Å². The van der Waals surface area contributed by atoms with E-state index >= 15 is 0 Å². The average molecular weight is 174 g/mol. The summed E-state index contributed by atoms with van der Waals surface area (Å²) in [6.07, 6.45) is 1.56. The van der Waals surface area contributed by atoms with E-state index in [1.54, 1.807) is 6.08 Å². The van der Waals surface area contributed by atoms with Crippen LogP contribution < -0.4 is 16.9 Å². The minimum Gasteiger partial charge on any atom is -0.374 e. The van der Waals surface area contributed by atoms with Crippen LogP contribution in [0.1, 0.15) is 0 Å². The van der Waals surface area contributed by atoms with Gasteiger partial charge in [0.05, 0.1) is 6.61 Å². The second kappa shape index (κ2) is 5.63. The second-order valence-corrected chi connectivity index (χ2v) is 1.96. The summed E-state index contributed by atoms with van der Waals surface area (Å²) < 4.78 is 0. The van der Waals surface area contributed by atoms with E-state index in [0.29, 0.717) is 6.61 Å². The van der Waals surface area contributed by atoms with Crippen LogP contribution in [0.4, 0.5) is 0 Å². The smallest absolute Gasteiger partial charge is 0.220 e. The number of thiocarbonyl (C=S) groups is 1. The first-order valence-electron chi connectivity index (χ1n) is 2.79. The Balaban J connectivity index is 3.59. The van der Waals surface area contributed by atoms with Gasteiger partial charge in [-0.2, -0.15) is 4.99 Å². The fourth-order valence-electron chi connectivity index (χ4n) is 0.316. The summed E-state index contributed by atoms with van der Waals surface area (Å²) in [7, 11) is 0. The first kappa shape index (κ1) is 9.86. The molecule has 0 heterocycles. The van der Waals surface area contributed by atoms with Crippen molar-refractivity contribution in [3.8, 4) is 0 Å². The van der Waals surface area contributed by atoms with Gasteiger partial charge in [0.2, 0.25) is 5.96 Å². The standard InChI is InChI=1S/C5H10N4OS/c1-2-3-10-9-4(6)8-5(7)11/h2H,1,3H2,(H5,6,7,8,9,11). The summed E-state index contributed by atoms with van der Waals surface area (Å²) in [5.41, 5.74) is 12.6. The number of hydrogen-bond donors (Lipinski definition) is 3. The van der Waals surface area contributed by atoms with E-state index in [1.807, 2.05) is 0 Å². The normalized spacial score (nSPS) is 10.7. The predicted molar refractivity (Wildman–Crippen MR) is 47.7 cm³/mol. The van der Waals surface area contributed by atoms with Gasteiger partial charge in [-0.25, -0.2) is 5.48 Å². The number of aliphatic imine (C=N–C) groups is 1. The molecule has 0 radical (unpaired) electrons. The molecule has 0 fully saturated rings. The number of nitrogens with two attached hydrogens (primary N) is 2. The van der Waals surface area contributed by atoms with Crippen molar-refractivity contribution in [3.05, 3.63) is 12.7 Å². The topological polar surface area (TPSA) is 85.7 Å². The third-order valence-electron chi connectivity index (χ3n) is 0.609. The third-order valence-corrected chi connectivity index (χ3v) is 0.700. The number of rotatable bonds is 3. The van der Waals surface area contributed by atoms with Crippen molar-refractivity contribution >= 4 is 23.3 Å². The van der Waals surface area contributed by atoms with Gasteiger partial charge >= 0.3 is 0 Å². The molecule has 0 aromatic carbocycles. The number of hydrogen-bond acceptors (Lipinski definition) is 2. The number of hydroxylamine groups is 1. The van der Waals surface area contributed by atoms with E-state index in [1.165, 1.54) is 0 Å². The zero-order chi connectivity index (χ0) is 8.69. The lowest BCUT2D eigenvalue weighted by molar-refractivity contribution is 0.110. The highest BCUT2D eigenvalue weighted by molar-refractivity contribution is 7.80. The molecule has 5 N–H and O–H groups in total. The van der Waals surface area contributed by atoms with Gasteiger partial charge in [-0.1, -0.05) is 6.08 Å². The Bertz CT molecular complexity index is 179. The average Bonchev–Trinajstić information content (AvgIpc) is 1.86. The largest absolute Gasteiger partial charge is 0.374 e. The highest BCUT2D eigenvalue weighted by atomic mass is 32.1. The van der Waals surface area contributed by atoms with Gasteiger partial charge in [-0.15, -0.1) is 6.58 Å². The van der Waals surface area contributed by atoms with Crippen LogP contribution in [0, 0.1) is 0 Å². The van der Waals surface area contributed by atoms with Crippen molar-refractivity contribution in [2.24, 2.45) is 16.5 Å². The molecule has 0 amide bonds. The summed E-state index contributed by atoms with van der Waals surface area (Å²) >= 11 is 4.45. The summed E-state index contributed by atoms with van der Waals surface area (Å²) in [6, 6.07) is 0. The fourth-order valence-corrected chi connectivity index (χ4v) is 0.414. The molecule has 5 nitrogen and oxygen atoms in total. The van der Waals surface area contributed by atoms with Crippen LogP contribution in [0.15, 0.2) is 17.6 Å². The molecule has 0 saturated heterocycles. The maximum absolute atomic E-state index is 5.23. The van der Waals surface area contributed by atoms with Crippen molar-refractivity contribution in [2.75, 3.05) is 6.61 Å². The summed E-state index contributed by atoms with van der Waals surface area (Å²) in [4.78, 5) is 8.19. The second-order valence-electron chi connectivity index (χ2n) is 1.54. The highest BCUT2D eigenvalue weighted by Gasteiger charge is 1.89. The molecular formula is C5H10N4OS. The molecule has 0 bridgehead atoms. The summed E-state index contributed by atoms with van der Waals surface area (Å²) in [6.45, 7) is 3.75. The zero-order valence-corrected chi connectivity index (χ0v) is 6.73. The Kier molecular flexibility index (Phi) is 5.05. The van der Waals surface area contributed by atoms with Crippen molar-refractivity contribution in [2.45, 2.75) is 0 Å². The Labute approximate surface area is 70.1 Å². The van der Waals surface area contributed by atoms with E-state index in [0.717, 1.165) is 0 Å². The first-order chi connectivity index (χ1) is 5.16. The molecule has 0 aliphatic carbocycles. The quantitative estimate of drug-likeness (QED) is 0.131. The number of nitrogens with zero attached hydrogens (tertiary/aromatic N) is 1. The highest BCUT2D eigenvalue weighted by Crippen LogP contribution is 1.71. The summed E-state index contributed by atoms with van der Waals surface area (Å²) in [5.74, 6) is 0.0272. The Morgan fingerprint density at radius 3 is 2.82 bits per heavy atom. The van der Waals surface area contributed by atoms with Gasteiger partial charge in [0.1, 0.15) is 0 Å². The lowest BCUT2D eigenvalue weighted by atomic mass is 10.7. The zero-order valence-electron chi connectivity index (χ0n) is 5.91. The van der Waals surface area contributed by atoms with Gasteiger partial charge < -0.3 is 11.5 Å². The Hall–Kier alpha value is -1.14. The minimum atomic E-state index is -0.0443. The van der Waals surface area contributed by atoms with Crippen LogP contribution >= 0.6 is 12.2 Å². The molecule has 11 heavy (non-hydrogen) atoms. The van der Waals surface area contributed by atoms with E-state index in [9.17, 15) is 0 Å². The molecule has 0 aromatic heterocycles. The van der Waals surface area contributed by atoms with Gasteiger partial charge in [-0.05, 0) is 12.2 Å². The van der Waals surface area contributed by atoms with Gasteiger partial charge in [0.15, 0.2) is 5.11 Å². The Morgan fingerprint density at radius 1 is 1.73 bits per heavy atom. The van der Waals surface area contributed by atoms with Crippen LogP contribution in [0.5, 0.6) is 0 Å². The molecule has 0 rings (SSSR count). The molecular weight excluding hydrogens is 164 g/mol. The third kappa shape index (κ3) is 6.75. The number of nitrogens with one attached hydrogen (secondary N) is 1. The monoisotopic (exact) mass is 174 g/mol. The van der Waals surface area contributed by atoms with Crippen LogP contribution in [0.2, 0.25) is 0 Å². The lowest BCUT2D eigenvalue weighted by Crippen LogP contribution is -2.33. The van der Waals surface area contributed by atoms with Crippen LogP contribution in [-0.4, -0.2) is 17.7 Å². The molecule has 0 aliphatic rings. The molecule has 0 aromatic rings. The van der Waals surface area contributed by atoms with Crippen molar-refractivity contribution in [3.63, 3.8) is 0 Å². The maximum atomic E-state index is 5.23. The number of guanidine groups is 1. The van der Waals surface area contributed by atoms with E-state index in [-0.39, 0.29) is 11.1 Å². The molecule has 6 heteroatoms. The van der Waals surface area contributed by atoms with Crippen molar-refractivity contribution < 1.29 is 4.84 Å². The van der Waals surface area contributed by atoms with Crippen LogP contribution in [0.25, 0.3) is 0 Å². The van der Waals surface area contributed by atoms with E-state index < -0.39 is 0 Å². The molecule has 0 aliphatic heterocycles. The Morgan fingerprint density at radius 2 is 2.36 bits per heavy atom. The fraction of sp³-hybridized carbons (Fsp3) is 0.200. The van der Waals surface area contributed by atoms with E-state index in [2.05, 4.69) is 29.3 Å². The molecule has 0 atom stereocenters. The van der Waals surface area contributed by atoms with Gasteiger partial charge in [-0.3, -0.25) is 4.84 Å². The SMILES string of the molecule is C=CCON/C(N)=N/C(N)=S.